The third-order valence-corrected chi connectivity index (χ3v) is 6.28. The fraction of sp³-hybridized carbons (Fsp3) is 0.0833. The molecule has 1 amide bonds. The molecule has 1 saturated heterocycles. The van der Waals surface area contributed by atoms with Crippen LogP contribution >= 0.6 is 11.8 Å². The topological polar surface area (TPSA) is 70.9 Å². The zero-order valence-corrected chi connectivity index (χ0v) is 17.0. The Morgan fingerprint density at radius 2 is 1.45 bits per heavy atom. The number of thioether (sulfide) groups is 1. The molecule has 1 atom stereocenters. The van der Waals surface area contributed by atoms with E-state index in [-0.39, 0.29) is 18.1 Å². The lowest BCUT2D eigenvalue weighted by atomic mass is 10.1. The van der Waals surface area contributed by atoms with Gasteiger partial charge in [0.25, 0.3) is 0 Å². The molecule has 0 saturated carbocycles. The predicted molar refractivity (Wildman–Crippen MR) is 120 cm³/mol. The first-order valence-corrected chi connectivity index (χ1v) is 10.6. The molecule has 5 rings (SSSR count). The van der Waals surface area contributed by atoms with Crippen molar-refractivity contribution in [3.8, 4) is 11.1 Å². The normalized spacial score (nSPS) is 18.0. The monoisotopic (exact) mass is 429 g/mol. The van der Waals surface area contributed by atoms with Crippen LogP contribution in [0.3, 0.4) is 0 Å². The van der Waals surface area contributed by atoms with Crippen LogP contribution in [-0.4, -0.2) is 27.8 Å². The number of nitrogens with zero attached hydrogens (tertiary/aromatic N) is 2. The molecule has 5 nitrogen and oxygen atoms in total. The van der Waals surface area contributed by atoms with Crippen molar-refractivity contribution < 1.29 is 14.0 Å². The minimum atomic E-state index is -0.598. The van der Waals surface area contributed by atoms with E-state index in [9.17, 15) is 14.0 Å². The quantitative estimate of drug-likeness (QED) is 0.386. The minimum Gasteiger partial charge on any atom is -0.303 e. The molecule has 1 aliphatic heterocycles. The van der Waals surface area contributed by atoms with Gasteiger partial charge in [0.05, 0.1) is 5.25 Å². The number of nitrogens with one attached hydrogen (secondary N) is 1. The van der Waals surface area contributed by atoms with Crippen LogP contribution < -0.4 is 5.32 Å². The lowest BCUT2D eigenvalue weighted by Crippen LogP contribution is -2.26. The highest BCUT2D eigenvalue weighted by atomic mass is 32.2. The Morgan fingerprint density at radius 3 is 2.06 bits per heavy atom. The number of hydrogen-bond acceptors (Lipinski definition) is 5. The number of carbonyl (C=O) groups is 2. The maximum atomic E-state index is 13.1. The highest BCUT2D eigenvalue weighted by Gasteiger charge is 2.33. The van der Waals surface area contributed by atoms with Gasteiger partial charge in [-0.1, -0.05) is 60.3 Å². The molecule has 7 heteroatoms. The van der Waals surface area contributed by atoms with Crippen molar-refractivity contribution in [2.75, 3.05) is 0 Å². The third-order valence-electron chi connectivity index (χ3n) is 5.21. The van der Waals surface area contributed by atoms with Crippen molar-refractivity contribution in [1.82, 2.24) is 5.32 Å². The number of rotatable bonds is 4. The van der Waals surface area contributed by atoms with Crippen LogP contribution in [0.25, 0.3) is 11.1 Å². The second-order valence-corrected chi connectivity index (χ2v) is 8.37. The zero-order valence-electron chi connectivity index (χ0n) is 16.2. The van der Waals surface area contributed by atoms with Gasteiger partial charge in [-0.3, -0.25) is 9.59 Å². The predicted octanol–water partition coefficient (Wildman–Crippen LogP) is 4.42. The van der Waals surface area contributed by atoms with Crippen molar-refractivity contribution in [1.29, 1.82) is 0 Å². The fourth-order valence-electron chi connectivity index (χ4n) is 3.71. The maximum absolute atomic E-state index is 13.1. The zero-order chi connectivity index (χ0) is 21.4. The molecule has 0 radical (unpaired) electrons. The summed E-state index contributed by atoms with van der Waals surface area (Å²) in [4.78, 5) is 24.7. The molecule has 0 aromatic heterocycles. The number of hydrogen-bond donors (Lipinski definition) is 1. The molecule has 2 aliphatic rings. The standard InChI is InChI=1S/C24H16FN3O2S/c25-15-11-9-14(10-12-15)20(29)13-21-23(30)26-24(31-21)28-27-22-18-7-3-1-5-16(18)17-6-2-4-8-19(17)22/h1-12,21H,13H2,(H,26,28,30). The summed E-state index contributed by atoms with van der Waals surface area (Å²) >= 11 is 1.18. The lowest BCUT2D eigenvalue weighted by molar-refractivity contribution is -0.118. The van der Waals surface area contributed by atoms with Crippen molar-refractivity contribution in [2.45, 2.75) is 11.7 Å². The Morgan fingerprint density at radius 1 is 0.871 bits per heavy atom. The van der Waals surface area contributed by atoms with Crippen LogP contribution in [-0.2, 0) is 4.79 Å². The Labute approximate surface area is 182 Å². The average Bonchev–Trinajstić information content (AvgIpc) is 3.30. The molecule has 0 bridgehead atoms. The van der Waals surface area contributed by atoms with Gasteiger partial charge in [0, 0.05) is 23.1 Å². The first kappa shape index (κ1) is 19.4. The summed E-state index contributed by atoms with van der Waals surface area (Å²) in [6.45, 7) is 0. The number of Topliss-reactive ketones (excluding diaryl/α,β-unsaturated/α-hetero) is 1. The van der Waals surface area contributed by atoms with E-state index in [1.165, 1.54) is 36.0 Å². The molecule has 1 heterocycles. The summed E-state index contributed by atoms with van der Waals surface area (Å²) in [6.07, 6.45) is 0.00336. The average molecular weight is 429 g/mol. The van der Waals surface area contributed by atoms with Crippen LogP contribution in [0.2, 0.25) is 0 Å². The second-order valence-electron chi connectivity index (χ2n) is 7.17. The van der Waals surface area contributed by atoms with Crippen LogP contribution in [0.5, 0.6) is 0 Å². The number of benzene rings is 3. The van der Waals surface area contributed by atoms with Gasteiger partial charge < -0.3 is 5.32 Å². The van der Waals surface area contributed by atoms with E-state index in [1.807, 2.05) is 48.5 Å². The van der Waals surface area contributed by atoms with Crippen LogP contribution in [0, 0.1) is 5.82 Å². The van der Waals surface area contributed by atoms with Crippen molar-refractivity contribution in [2.24, 2.45) is 10.2 Å². The SMILES string of the molecule is O=C(CC1S/C(=N/N=C2c3ccccc3-c3ccccc32)NC1=O)c1ccc(F)cc1. The van der Waals surface area contributed by atoms with Gasteiger partial charge in [0.1, 0.15) is 11.5 Å². The summed E-state index contributed by atoms with van der Waals surface area (Å²) in [5.41, 5.74) is 5.31. The van der Waals surface area contributed by atoms with E-state index in [1.54, 1.807) is 0 Å². The first-order chi connectivity index (χ1) is 15.1. The molecule has 3 aromatic carbocycles. The van der Waals surface area contributed by atoms with E-state index in [0.717, 1.165) is 28.0 Å². The first-order valence-electron chi connectivity index (χ1n) is 9.71. The Hall–Kier alpha value is -3.58. The van der Waals surface area contributed by atoms with Crippen molar-refractivity contribution in [3.63, 3.8) is 0 Å². The number of fused-ring (bicyclic) bond motifs is 3. The highest BCUT2D eigenvalue weighted by Crippen LogP contribution is 2.36. The molecule has 3 aromatic rings. The number of halogens is 1. The fourth-order valence-corrected chi connectivity index (χ4v) is 4.62. The molecular weight excluding hydrogens is 413 g/mol. The molecule has 1 N–H and O–H groups in total. The number of ketones is 1. The van der Waals surface area contributed by atoms with E-state index >= 15 is 0 Å². The van der Waals surface area contributed by atoms with Gasteiger partial charge in [-0.2, -0.15) is 0 Å². The van der Waals surface area contributed by atoms with Gasteiger partial charge in [-0.15, -0.1) is 10.2 Å². The smallest absolute Gasteiger partial charge is 0.240 e. The largest absolute Gasteiger partial charge is 0.303 e. The summed E-state index contributed by atoms with van der Waals surface area (Å²) in [5, 5.41) is 11.2. The molecule has 152 valence electrons. The molecule has 1 aliphatic carbocycles. The summed E-state index contributed by atoms with van der Waals surface area (Å²) < 4.78 is 13.1. The van der Waals surface area contributed by atoms with Gasteiger partial charge in [0.15, 0.2) is 11.0 Å². The van der Waals surface area contributed by atoms with E-state index in [4.69, 9.17) is 0 Å². The third kappa shape index (κ3) is 3.68. The van der Waals surface area contributed by atoms with Crippen molar-refractivity contribution >= 4 is 34.3 Å². The highest BCUT2D eigenvalue weighted by molar-refractivity contribution is 8.15. The maximum Gasteiger partial charge on any atom is 0.240 e. The summed E-state index contributed by atoms with van der Waals surface area (Å²) in [7, 11) is 0. The van der Waals surface area contributed by atoms with Crippen LogP contribution in [0.4, 0.5) is 4.39 Å². The lowest BCUT2D eigenvalue weighted by Gasteiger charge is -2.04. The van der Waals surface area contributed by atoms with E-state index < -0.39 is 11.1 Å². The van der Waals surface area contributed by atoms with Crippen LogP contribution in [0.15, 0.2) is 83.0 Å². The Balaban J connectivity index is 1.37. The molecule has 1 fully saturated rings. The second kappa shape index (κ2) is 7.92. The minimum absolute atomic E-state index is 0.00336. The molecular formula is C24H16FN3O2S. The molecule has 1 unspecified atom stereocenters. The summed E-state index contributed by atoms with van der Waals surface area (Å²) in [5.74, 6) is -0.918. The Bertz CT molecular complexity index is 1220. The summed E-state index contributed by atoms with van der Waals surface area (Å²) in [6, 6.07) is 21.3. The number of carbonyl (C=O) groups excluding carboxylic acids is 2. The molecule has 31 heavy (non-hydrogen) atoms. The van der Waals surface area contributed by atoms with Crippen LogP contribution in [0.1, 0.15) is 27.9 Å². The van der Waals surface area contributed by atoms with Gasteiger partial charge in [-0.05, 0) is 35.4 Å². The van der Waals surface area contributed by atoms with Gasteiger partial charge >= 0.3 is 0 Å². The number of amides is 1. The van der Waals surface area contributed by atoms with E-state index in [0.29, 0.717) is 10.7 Å². The van der Waals surface area contributed by atoms with Gasteiger partial charge in [0.2, 0.25) is 5.91 Å². The van der Waals surface area contributed by atoms with E-state index in [2.05, 4.69) is 15.5 Å². The van der Waals surface area contributed by atoms with Crippen molar-refractivity contribution in [3.05, 3.63) is 95.3 Å². The number of amidine groups is 1. The molecule has 0 spiro atoms. The van der Waals surface area contributed by atoms with Gasteiger partial charge in [-0.25, -0.2) is 4.39 Å². The Kier molecular flexibility index (Phi) is 4.95.